The van der Waals surface area contributed by atoms with Crippen molar-refractivity contribution in [1.82, 2.24) is 4.98 Å². The van der Waals surface area contributed by atoms with Crippen LogP contribution < -0.4 is 0 Å². The van der Waals surface area contributed by atoms with Gasteiger partial charge in [0.25, 0.3) is 0 Å². The van der Waals surface area contributed by atoms with Crippen LogP contribution in [0.4, 0.5) is 0 Å². The van der Waals surface area contributed by atoms with Crippen molar-refractivity contribution in [2.45, 2.75) is 40.5 Å². The Kier molecular flexibility index (Phi) is 6.35. The number of pyridine rings is 1. The number of rotatable bonds is 1. The van der Waals surface area contributed by atoms with Crippen LogP contribution in [0.3, 0.4) is 0 Å². The van der Waals surface area contributed by atoms with E-state index in [9.17, 15) is 0 Å². The van der Waals surface area contributed by atoms with Gasteiger partial charge in [-0.1, -0.05) is 33.3 Å². The molecule has 0 atom stereocenters. The number of aryl methyl sites for hydroxylation is 2. The fourth-order valence-electron chi connectivity index (χ4n) is 0.708. The highest BCUT2D eigenvalue weighted by Crippen LogP contribution is 1.97. The van der Waals surface area contributed by atoms with Gasteiger partial charge in [-0.15, -0.1) is 0 Å². The number of aromatic nitrogens is 1. The van der Waals surface area contributed by atoms with E-state index in [0.717, 1.165) is 6.42 Å². The van der Waals surface area contributed by atoms with Crippen molar-refractivity contribution in [2.24, 2.45) is 0 Å². The average Bonchev–Trinajstić information content (AvgIpc) is 2.07. The SMILES string of the molecule is CCC.CCc1ccc(C)cn1. The molecule has 0 saturated carbocycles. The Morgan fingerprint density at radius 2 is 1.75 bits per heavy atom. The molecule has 0 N–H and O–H groups in total. The Bertz CT molecular complexity index is 189. The molecule has 12 heavy (non-hydrogen) atoms. The molecule has 0 aliphatic carbocycles. The van der Waals surface area contributed by atoms with Gasteiger partial charge < -0.3 is 0 Å². The smallest absolute Gasteiger partial charge is 0.0401 e. The molecule has 0 saturated heterocycles. The van der Waals surface area contributed by atoms with Crippen molar-refractivity contribution < 1.29 is 0 Å². The van der Waals surface area contributed by atoms with Crippen molar-refractivity contribution in [3.63, 3.8) is 0 Å². The standard InChI is InChI=1S/C8H11N.C3H8/c1-3-8-5-4-7(2)6-9-8;1-3-2/h4-6H,3H2,1-2H3;3H2,1-2H3. The quantitative estimate of drug-likeness (QED) is 0.621. The van der Waals surface area contributed by atoms with Crippen LogP contribution in [0, 0.1) is 6.92 Å². The third-order valence-electron chi connectivity index (χ3n) is 1.33. The Morgan fingerprint density at radius 1 is 1.17 bits per heavy atom. The van der Waals surface area contributed by atoms with Crippen molar-refractivity contribution in [2.75, 3.05) is 0 Å². The van der Waals surface area contributed by atoms with Crippen molar-refractivity contribution >= 4 is 0 Å². The van der Waals surface area contributed by atoms with E-state index in [1.165, 1.54) is 17.7 Å². The summed E-state index contributed by atoms with van der Waals surface area (Å²) in [4.78, 5) is 4.20. The maximum atomic E-state index is 4.20. The molecule has 1 heteroatoms. The minimum Gasteiger partial charge on any atom is -0.261 e. The van der Waals surface area contributed by atoms with Crippen LogP contribution in [-0.4, -0.2) is 4.98 Å². The summed E-state index contributed by atoms with van der Waals surface area (Å²) < 4.78 is 0. The molecule has 1 nitrogen and oxygen atoms in total. The lowest BCUT2D eigenvalue weighted by molar-refractivity contribution is 1.03. The summed E-state index contributed by atoms with van der Waals surface area (Å²) in [5.74, 6) is 0. The highest BCUT2D eigenvalue weighted by Gasteiger charge is 1.86. The molecule has 1 heterocycles. The molecule has 0 unspecified atom stereocenters. The lowest BCUT2D eigenvalue weighted by atomic mass is 10.2. The Labute approximate surface area is 75.8 Å². The normalized spacial score (nSPS) is 8.67. The van der Waals surface area contributed by atoms with Crippen LogP contribution in [0.15, 0.2) is 18.3 Å². The molecule has 0 aliphatic heterocycles. The van der Waals surface area contributed by atoms with Crippen LogP contribution >= 0.6 is 0 Å². The molecule has 0 aromatic carbocycles. The van der Waals surface area contributed by atoms with E-state index in [4.69, 9.17) is 0 Å². The zero-order chi connectivity index (χ0) is 9.40. The van der Waals surface area contributed by atoms with E-state index >= 15 is 0 Å². The second-order valence-corrected chi connectivity index (χ2v) is 2.89. The molecular weight excluding hydrogens is 146 g/mol. The molecule has 0 spiro atoms. The number of nitrogens with zero attached hydrogens (tertiary/aromatic N) is 1. The van der Waals surface area contributed by atoms with E-state index in [-0.39, 0.29) is 0 Å². The molecule has 0 aliphatic rings. The van der Waals surface area contributed by atoms with Crippen molar-refractivity contribution in [3.8, 4) is 0 Å². The first-order valence-corrected chi connectivity index (χ1v) is 4.66. The van der Waals surface area contributed by atoms with Gasteiger partial charge in [0.05, 0.1) is 0 Å². The van der Waals surface area contributed by atoms with E-state index in [1.54, 1.807) is 0 Å². The van der Waals surface area contributed by atoms with E-state index < -0.39 is 0 Å². The Hall–Kier alpha value is -0.850. The fraction of sp³-hybridized carbons (Fsp3) is 0.545. The second kappa shape index (κ2) is 6.84. The minimum absolute atomic E-state index is 1.03. The van der Waals surface area contributed by atoms with Gasteiger partial charge in [0, 0.05) is 11.9 Å². The Morgan fingerprint density at radius 3 is 2.08 bits per heavy atom. The maximum absolute atomic E-state index is 4.20. The van der Waals surface area contributed by atoms with Gasteiger partial charge in [-0.05, 0) is 25.0 Å². The fourth-order valence-corrected chi connectivity index (χ4v) is 0.708. The number of hydrogen-bond acceptors (Lipinski definition) is 1. The van der Waals surface area contributed by atoms with Crippen molar-refractivity contribution in [1.29, 1.82) is 0 Å². The third kappa shape index (κ3) is 4.89. The van der Waals surface area contributed by atoms with Gasteiger partial charge >= 0.3 is 0 Å². The molecule has 68 valence electrons. The van der Waals surface area contributed by atoms with Crippen LogP contribution in [0.5, 0.6) is 0 Å². The third-order valence-corrected chi connectivity index (χ3v) is 1.33. The predicted octanol–water partition coefficient (Wildman–Crippen LogP) is 3.37. The molecule has 0 amide bonds. The molecule has 1 aromatic rings. The lowest BCUT2D eigenvalue weighted by Crippen LogP contribution is -1.84. The van der Waals surface area contributed by atoms with E-state index in [1.807, 2.05) is 13.1 Å². The molecule has 0 bridgehead atoms. The molecule has 1 aromatic heterocycles. The van der Waals surface area contributed by atoms with E-state index in [2.05, 4.69) is 37.9 Å². The maximum Gasteiger partial charge on any atom is 0.0401 e. The predicted molar refractivity (Wildman–Crippen MR) is 54.3 cm³/mol. The van der Waals surface area contributed by atoms with Crippen molar-refractivity contribution in [3.05, 3.63) is 29.6 Å². The van der Waals surface area contributed by atoms with Gasteiger partial charge in [0.15, 0.2) is 0 Å². The topological polar surface area (TPSA) is 12.9 Å². The minimum atomic E-state index is 1.03. The van der Waals surface area contributed by atoms with Gasteiger partial charge in [-0.2, -0.15) is 0 Å². The first-order valence-electron chi connectivity index (χ1n) is 4.66. The Balaban J connectivity index is 0.000000354. The summed E-state index contributed by atoms with van der Waals surface area (Å²) in [6, 6.07) is 4.15. The highest BCUT2D eigenvalue weighted by atomic mass is 14.7. The van der Waals surface area contributed by atoms with Gasteiger partial charge in [0.1, 0.15) is 0 Å². The van der Waals surface area contributed by atoms with E-state index in [0.29, 0.717) is 0 Å². The summed E-state index contributed by atoms with van der Waals surface area (Å²) in [7, 11) is 0. The summed E-state index contributed by atoms with van der Waals surface area (Å²) in [5, 5.41) is 0. The average molecular weight is 165 g/mol. The van der Waals surface area contributed by atoms with Gasteiger partial charge in [-0.25, -0.2) is 0 Å². The highest BCUT2D eigenvalue weighted by molar-refractivity contribution is 5.11. The molecule has 0 radical (unpaired) electrons. The van der Waals surface area contributed by atoms with Crippen LogP contribution in [-0.2, 0) is 6.42 Å². The lowest BCUT2D eigenvalue weighted by Gasteiger charge is -1.93. The molecule has 1 rings (SSSR count). The molecular formula is C11H19N. The first-order chi connectivity index (χ1) is 5.74. The monoisotopic (exact) mass is 165 g/mol. The van der Waals surface area contributed by atoms with Crippen LogP contribution in [0.2, 0.25) is 0 Å². The summed E-state index contributed by atoms with van der Waals surface area (Å²) >= 11 is 0. The van der Waals surface area contributed by atoms with Crippen LogP contribution in [0.1, 0.15) is 38.4 Å². The second-order valence-electron chi connectivity index (χ2n) is 2.89. The zero-order valence-corrected chi connectivity index (χ0v) is 8.59. The summed E-state index contributed by atoms with van der Waals surface area (Å²) in [6.07, 6.45) is 4.18. The van der Waals surface area contributed by atoms with Crippen LogP contribution in [0.25, 0.3) is 0 Å². The first kappa shape index (κ1) is 11.2. The number of hydrogen-bond donors (Lipinski definition) is 0. The summed E-state index contributed by atoms with van der Waals surface area (Å²) in [5.41, 5.74) is 2.40. The zero-order valence-electron chi connectivity index (χ0n) is 8.59. The largest absolute Gasteiger partial charge is 0.261 e. The summed E-state index contributed by atoms with van der Waals surface area (Å²) in [6.45, 7) is 8.41. The molecule has 0 fully saturated rings. The van der Waals surface area contributed by atoms with Gasteiger partial charge in [-0.3, -0.25) is 4.98 Å². The van der Waals surface area contributed by atoms with Gasteiger partial charge in [0.2, 0.25) is 0 Å².